The lowest BCUT2D eigenvalue weighted by atomic mass is 10.1. The fraction of sp³-hybridized carbons (Fsp3) is 0.625. The van der Waals surface area contributed by atoms with Gasteiger partial charge in [0.25, 0.3) is 0 Å². The molecule has 0 radical (unpaired) electrons. The van der Waals surface area contributed by atoms with Gasteiger partial charge in [-0.3, -0.25) is 0 Å². The molecule has 1 fully saturated rings. The first-order chi connectivity index (χ1) is 6.29. The Bertz CT molecular complexity index is 290. The number of nitrogen functional groups attached to an aromatic ring is 2. The minimum atomic E-state index is 0.457. The van der Waals surface area contributed by atoms with Crippen molar-refractivity contribution in [1.82, 2.24) is 9.78 Å². The lowest BCUT2D eigenvalue weighted by Crippen LogP contribution is -2.18. The van der Waals surface area contributed by atoms with Crippen molar-refractivity contribution in [3.63, 3.8) is 0 Å². The summed E-state index contributed by atoms with van der Waals surface area (Å²) in [6.45, 7) is 0. The third-order valence-electron chi connectivity index (χ3n) is 2.40. The van der Waals surface area contributed by atoms with Gasteiger partial charge < -0.3 is 11.5 Å². The maximum atomic E-state index is 5.80. The Balaban J connectivity index is 2.18. The first-order valence-electron chi connectivity index (χ1n) is 4.45. The zero-order valence-corrected chi connectivity index (χ0v) is 8.26. The van der Waals surface area contributed by atoms with Crippen LogP contribution in [0.4, 0.5) is 11.5 Å². The monoisotopic (exact) mass is 198 g/mol. The molecule has 72 valence electrons. The van der Waals surface area contributed by atoms with Gasteiger partial charge >= 0.3 is 0 Å². The number of rotatable bonds is 1. The molecule has 0 atom stereocenters. The van der Waals surface area contributed by atoms with E-state index in [1.807, 2.05) is 16.4 Å². The second-order valence-electron chi connectivity index (χ2n) is 3.27. The molecular weight excluding hydrogens is 184 g/mol. The molecule has 0 spiro atoms. The van der Waals surface area contributed by atoms with Crippen LogP contribution in [0, 0.1) is 0 Å². The molecule has 5 heteroatoms. The van der Waals surface area contributed by atoms with Crippen LogP contribution in [-0.2, 0) is 0 Å². The second kappa shape index (κ2) is 3.49. The normalized spacial score (nSPS) is 19.1. The maximum absolute atomic E-state index is 5.80. The molecule has 1 aliphatic heterocycles. The van der Waals surface area contributed by atoms with Crippen molar-refractivity contribution in [3.05, 3.63) is 6.20 Å². The summed E-state index contributed by atoms with van der Waals surface area (Å²) in [7, 11) is 0. The van der Waals surface area contributed by atoms with Crippen molar-refractivity contribution in [2.45, 2.75) is 18.9 Å². The van der Waals surface area contributed by atoms with E-state index in [2.05, 4.69) is 5.10 Å². The van der Waals surface area contributed by atoms with Crippen molar-refractivity contribution in [3.8, 4) is 0 Å². The van der Waals surface area contributed by atoms with Crippen molar-refractivity contribution in [2.75, 3.05) is 23.0 Å². The number of hydrogen-bond acceptors (Lipinski definition) is 4. The summed E-state index contributed by atoms with van der Waals surface area (Å²) in [5, 5.41) is 4.20. The van der Waals surface area contributed by atoms with Gasteiger partial charge in [-0.2, -0.15) is 16.9 Å². The predicted octanol–water partition coefficient (Wildman–Crippen LogP) is 1.12. The van der Waals surface area contributed by atoms with Crippen LogP contribution in [-0.4, -0.2) is 21.3 Å². The molecule has 1 aromatic heterocycles. The van der Waals surface area contributed by atoms with Gasteiger partial charge in [0.1, 0.15) is 5.82 Å². The Hall–Kier alpha value is -0.840. The van der Waals surface area contributed by atoms with E-state index < -0.39 is 0 Å². The summed E-state index contributed by atoms with van der Waals surface area (Å²) >= 11 is 1.99. The molecule has 4 nitrogen and oxygen atoms in total. The third-order valence-corrected chi connectivity index (χ3v) is 3.45. The fourth-order valence-corrected chi connectivity index (χ4v) is 2.69. The number of hydrogen-bond donors (Lipinski definition) is 2. The van der Waals surface area contributed by atoms with E-state index in [0.29, 0.717) is 17.5 Å². The topological polar surface area (TPSA) is 69.9 Å². The number of anilines is 2. The molecule has 0 bridgehead atoms. The van der Waals surface area contributed by atoms with Crippen LogP contribution in [0.2, 0.25) is 0 Å². The lowest BCUT2D eigenvalue weighted by Gasteiger charge is -2.22. The van der Waals surface area contributed by atoms with Gasteiger partial charge in [-0.15, -0.1) is 0 Å². The molecule has 0 saturated carbocycles. The van der Waals surface area contributed by atoms with Gasteiger partial charge in [0, 0.05) is 0 Å². The van der Waals surface area contributed by atoms with Crippen LogP contribution in [0.5, 0.6) is 0 Å². The largest absolute Gasteiger partial charge is 0.394 e. The average Bonchev–Trinajstić information content (AvgIpc) is 2.49. The van der Waals surface area contributed by atoms with Crippen LogP contribution >= 0.6 is 11.8 Å². The van der Waals surface area contributed by atoms with Crippen molar-refractivity contribution in [1.29, 1.82) is 0 Å². The van der Waals surface area contributed by atoms with Gasteiger partial charge in [-0.25, -0.2) is 4.68 Å². The highest BCUT2D eigenvalue weighted by atomic mass is 32.2. The van der Waals surface area contributed by atoms with Gasteiger partial charge in [-0.05, 0) is 24.3 Å². The van der Waals surface area contributed by atoms with Gasteiger partial charge in [-0.1, -0.05) is 0 Å². The predicted molar refractivity (Wildman–Crippen MR) is 56.6 cm³/mol. The average molecular weight is 198 g/mol. The summed E-state index contributed by atoms with van der Waals surface area (Å²) in [6, 6.07) is 0.457. The molecule has 0 amide bonds. The van der Waals surface area contributed by atoms with E-state index in [-0.39, 0.29) is 0 Å². The van der Waals surface area contributed by atoms with E-state index in [1.54, 1.807) is 6.20 Å². The van der Waals surface area contributed by atoms with Crippen LogP contribution in [0.3, 0.4) is 0 Å². The fourth-order valence-electron chi connectivity index (χ4n) is 1.61. The Morgan fingerprint density at radius 2 is 2.08 bits per heavy atom. The second-order valence-corrected chi connectivity index (χ2v) is 4.50. The Morgan fingerprint density at radius 3 is 2.62 bits per heavy atom. The van der Waals surface area contributed by atoms with Crippen molar-refractivity contribution in [2.24, 2.45) is 0 Å². The molecule has 1 aliphatic rings. The van der Waals surface area contributed by atoms with Crippen LogP contribution in [0.15, 0.2) is 6.20 Å². The summed E-state index contributed by atoms with van der Waals surface area (Å²) in [4.78, 5) is 0. The number of nitrogens with two attached hydrogens (primary N) is 2. The van der Waals surface area contributed by atoms with Gasteiger partial charge in [0.05, 0.1) is 17.9 Å². The SMILES string of the molecule is Nc1cnn(C2CCSCC2)c1N. The van der Waals surface area contributed by atoms with E-state index >= 15 is 0 Å². The van der Waals surface area contributed by atoms with E-state index in [9.17, 15) is 0 Å². The highest BCUT2D eigenvalue weighted by Crippen LogP contribution is 2.29. The smallest absolute Gasteiger partial charge is 0.145 e. The minimum absolute atomic E-state index is 0.457. The maximum Gasteiger partial charge on any atom is 0.145 e. The lowest BCUT2D eigenvalue weighted by molar-refractivity contribution is 0.433. The molecule has 0 aromatic carbocycles. The van der Waals surface area contributed by atoms with Crippen LogP contribution < -0.4 is 11.5 Å². The zero-order chi connectivity index (χ0) is 9.26. The van der Waals surface area contributed by atoms with E-state index in [1.165, 1.54) is 11.5 Å². The molecule has 1 saturated heterocycles. The quantitative estimate of drug-likeness (QED) is 0.709. The van der Waals surface area contributed by atoms with Crippen LogP contribution in [0.25, 0.3) is 0 Å². The number of nitrogens with zero attached hydrogens (tertiary/aromatic N) is 2. The highest BCUT2D eigenvalue weighted by Gasteiger charge is 2.18. The molecular formula is C8H14N4S. The molecule has 4 N–H and O–H groups in total. The highest BCUT2D eigenvalue weighted by molar-refractivity contribution is 7.99. The van der Waals surface area contributed by atoms with Gasteiger partial charge in [0.2, 0.25) is 0 Å². The van der Waals surface area contributed by atoms with Crippen LogP contribution in [0.1, 0.15) is 18.9 Å². The first kappa shape index (κ1) is 8.74. The standard InChI is InChI=1S/C8H14N4S/c9-7-5-11-12(8(7)10)6-1-3-13-4-2-6/h5-6H,1-4,9-10H2. The van der Waals surface area contributed by atoms with E-state index in [0.717, 1.165) is 12.8 Å². The first-order valence-corrected chi connectivity index (χ1v) is 5.60. The molecule has 1 aromatic rings. The molecule has 0 aliphatic carbocycles. The third kappa shape index (κ3) is 1.60. The zero-order valence-electron chi connectivity index (χ0n) is 7.44. The summed E-state index contributed by atoms with van der Waals surface area (Å²) in [5.74, 6) is 3.02. The summed E-state index contributed by atoms with van der Waals surface area (Å²) in [5.41, 5.74) is 12.0. The van der Waals surface area contributed by atoms with Crippen molar-refractivity contribution >= 4 is 23.3 Å². The van der Waals surface area contributed by atoms with Crippen molar-refractivity contribution < 1.29 is 0 Å². The molecule has 2 heterocycles. The Morgan fingerprint density at radius 1 is 1.38 bits per heavy atom. The Kier molecular flexibility index (Phi) is 2.35. The Labute approximate surface area is 81.7 Å². The molecule has 2 rings (SSSR count). The van der Waals surface area contributed by atoms with Gasteiger partial charge in [0.15, 0.2) is 0 Å². The number of aromatic nitrogens is 2. The number of thioether (sulfide) groups is 1. The molecule has 0 unspecified atom stereocenters. The van der Waals surface area contributed by atoms with E-state index in [4.69, 9.17) is 11.5 Å². The minimum Gasteiger partial charge on any atom is -0.394 e. The molecule has 13 heavy (non-hydrogen) atoms. The summed E-state index contributed by atoms with van der Waals surface area (Å²) < 4.78 is 1.87. The summed E-state index contributed by atoms with van der Waals surface area (Å²) in [6.07, 6.45) is 3.93.